The number of likely N-dealkylation sites (tertiary alicyclic amines) is 1. The summed E-state index contributed by atoms with van der Waals surface area (Å²) in [6.45, 7) is 6.64. The third-order valence-corrected chi connectivity index (χ3v) is 4.40. The van der Waals surface area contributed by atoms with Crippen LogP contribution in [0.2, 0.25) is 0 Å². The van der Waals surface area contributed by atoms with Crippen LogP contribution in [0.5, 0.6) is 11.5 Å². The molecule has 2 heterocycles. The predicted octanol–water partition coefficient (Wildman–Crippen LogP) is 1.83. The molecule has 1 fully saturated rings. The van der Waals surface area contributed by atoms with Crippen molar-refractivity contribution in [1.29, 1.82) is 0 Å². The number of rotatable bonds is 4. The Hall–Kier alpha value is -1.37. The van der Waals surface area contributed by atoms with E-state index in [2.05, 4.69) is 4.90 Å². The van der Waals surface area contributed by atoms with E-state index in [1.165, 1.54) is 6.07 Å². The zero-order valence-electron chi connectivity index (χ0n) is 13.7. The van der Waals surface area contributed by atoms with Crippen LogP contribution < -0.4 is 15.2 Å². The third kappa shape index (κ3) is 3.59. The molecule has 0 aliphatic carbocycles. The Labute approximate surface area is 136 Å². The molecule has 3 N–H and O–H groups in total. The molecule has 1 aromatic rings. The molecule has 128 valence electrons. The smallest absolute Gasteiger partial charge is 0.197 e. The molecular formula is C17H25FN2O3. The van der Waals surface area contributed by atoms with Gasteiger partial charge >= 0.3 is 0 Å². The van der Waals surface area contributed by atoms with Crippen molar-refractivity contribution in [3.05, 3.63) is 23.5 Å². The summed E-state index contributed by atoms with van der Waals surface area (Å²) in [6, 6.07) is 2.45. The molecular weight excluding hydrogens is 299 g/mol. The lowest BCUT2D eigenvalue weighted by Crippen LogP contribution is -2.41. The molecule has 1 saturated heterocycles. The van der Waals surface area contributed by atoms with Crippen LogP contribution >= 0.6 is 0 Å². The molecule has 5 nitrogen and oxygen atoms in total. The van der Waals surface area contributed by atoms with Gasteiger partial charge in [-0.2, -0.15) is 0 Å². The number of halogens is 1. The summed E-state index contributed by atoms with van der Waals surface area (Å²) in [5.74, 6) is -0.0996. The summed E-state index contributed by atoms with van der Waals surface area (Å²) in [5, 5.41) is 10.5. The highest BCUT2D eigenvalue weighted by molar-refractivity contribution is 5.46. The molecule has 2 unspecified atom stereocenters. The molecule has 3 rings (SSSR count). The maximum absolute atomic E-state index is 14.2. The van der Waals surface area contributed by atoms with Crippen LogP contribution in [0.4, 0.5) is 4.39 Å². The highest BCUT2D eigenvalue weighted by atomic mass is 19.1. The summed E-state index contributed by atoms with van der Waals surface area (Å²) in [4.78, 5) is 2.23. The van der Waals surface area contributed by atoms with E-state index in [1.807, 2.05) is 13.8 Å². The fraction of sp³-hybridized carbons (Fsp3) is 0.647. The lowest BCUT2D eigenvalue weighted by atomic mass is 10.0. The first-order chi connectivity index (χ1) is 10.9. The largest absolute Gasteiger partial charge is 0.483 e. The minimum atomic E-state index is -0.941. The number of nitrogens with zero attached hydrogens (tertiary/aromatic N) is 1. The minimum Gasteiger partial charge on any atom is -0.483 e. The molecule has 0 spiro atoms. The van der Waals surface area contributed by atoms with Crippen LogP contribution in [0.15, 0.2) is 12.1 Å². The van der Waals surface area contributed by atoms with Gasteiger partial charge in [0.25, 0.3) is 0 Å². The van der Waals surface area contributed by atoms with Gasteiger partial charge < -0.3 is 25.2 Å². The average molecular weight is 324 g/mol. The van der Waals surface area contributed by atoms with Gasteiger partial charge in [0.1, 0.15) is 12.2 Å². The zero-order valence-corrected chi connectivity index (χ0v) is 13.7. The first-order valence-electron chi connectivity index (χ1n) is 8.17. The van der Waals surface area contributed by atoms with Crippen LogP contribution in [-0.4, -0.2) is 47.9 Å². The van der Waals surface area contributed by atoms with Gasteiger partial charge in [0.15, 0.2) is 17.3 Å². The predicted molar refractivity (Wildman–Crippen MR) is 85.2 cm³/mol. The van der Waals surface area contributed by atoms with E-state index in [0.717, 1.165) is 25.9 Å². The van der Waals surface area contributed by atoms with E-state index in [0.29, 0.717) is 17.9 Å². The molecule has 1 aromatic carbocycles. The number of hydrogen-bond acceptors (Lipinski definition) is 5. The van der Waals surface area contributed by atoms with Gasteiger partial charge in [0.05, 0.1) is 6.10 Å². The summed E-state index contributed by atoms with van der Waals surface area (Å²) in [5.41, 5.74) is 6.02. The highest BCUT2D eigenvalue weighted by Crippen LogP contribution is 2.39. The molecule has 0 bridgehead atoms. The van der Waals surface area contributed by atoms with Crippen molar-refractivity contribution >= 4 is 0 Å². The Kier molecular flexibility index (Phi) is 4.49. The second-order valence-electron chi connectivity index (χ2n) is 7.10. The van der Waals surface area contributed by atoms with Crippen LogP contribution in [0.3, 0.4) is 0 Å². The van der Waals surface area contributed by atoms with Crippen molar-refractivity contribution in [1.82, 2.24) is 4.90 Å². The van der Waals surface area contributed by atoms with E-state index in [1.54, 1.807) is 6.07 Å². The van der Waals surface area contributed by atoms with Crippen molar-refractivity contribution in [2.75, 3.05) is 26.2 Å². The molecule has 0 aromatic heterocycles. The van der Waals surface area contributed by atoms with Gasteiger partial charge in [-0.25, -0.2) is 4.39 Å². The fourth-order valence-electron chi connectivity index (χ4n) is 3.16. The van der Waals surface area contributed by atoms with Crippen molar-refractivity contribution in [3.8, 4) is 11.5 Å². The number of nitrogens with two attached hydrogens (primary N) is 1. The van der Waals surface area contributed by atoms with Gasteiger partial charge in [-0.15, -0.1) is 0 Å². The molecule has 2 aliphatic rings. The molecule has 2 aliphatic heterocycles. The third-order valence-electron chi connectivity index (χ3n) is 4.40. The van der Waals surface area contributed by atoms with Crippen LogP contribution in [0.25, 0.3) is 0 Å². The summed E-state index contributed by atoms with van der Waals surface area (Å²) < 4.78 is 25.5. The maximum Gasteiger partial charge on any atom is 0.197 e. The lowest BCUT2D eigenvalue weighted by molar-refractivity contribution is 0.0178. The van der Waals surface area contributed by atoms with Gasteiger partial charge in [-0.05, 0) is 57.5 Å². The quantitative estimate of drug-likeness (QED) is 0.884. The van der Waals surface area contributed by atoms with Gasteiger partial charge in [0.2, 0.25) is 0 Å². The average Bonchev–Trinajstić information content (AvgIpc) is 2.97. The van der Waals surface area contributed by atoms with Crippen molar-refractivity contribution in [2.45, 2.75) is 44.4 Å². The van der Waals surface area contributed by atoms with E-state index in [4.69, 9.17) is 15.2 Å². The number of benzene rings is 1. The number of aliphatic hydroxyl groups excluding tert-OH is 1. The lowest BCUT2D eigenvalue weighted by Gasteiger charge is -2.33. The number of hydrogen-bond donors (Lipinski definition) is 2. The first kappa shape index (κ1) is 16.5. The Morgan fingerprint density at radius 1 is 1.35 bits per heavy atom. The Balaban J connectivity index is 1.78. The molecule has 0 amide bonds. The van der Waals surface area contributed by atoms with Crippen LogP contribution in [0, 0.1) is 5.82 Å². The van der Waals surface area contributed by atoms with E-state index in [9.17, 15) is 9.50 Å². The van der Waals surface area contributed by atoms with Crippen LogP contribution in [0.1, 0.15) is 38.4 Å². The van der Waals surface area contributed by atoms with Gasteiger partial charge in [-0.3, -0.25) is 0 Å². The number of aliphatic hydroxyl groups is 1. The SMILES string of the molecule is CC1(C)COc2c(F)cc(C(O)C(N)CN3CCCC3)cc2O1. The minimum absolute atomic E-state index is 0.105. The molecule has 6 heteroatoms. The van der Waals surface area contributed by atoms with E-state index >= 15 is 0 Å². The number of fused-ring (bicyclic) bond motifs is 1. The molecule has 23 heavy (non-hydrogen) atoms. The number of ether oxygens (including phenoxy) is 2. The summed E-state index contributed by atoms with van der Waals surface area (Å²) in [7, 11) is 0. The second kappa shape index (κ2) is 6.26. The Morgan fingerprint density at radius 2 is 2.04 bits per heavy atom. The van der Waals surface area contributed by atoms with Crippen LogP contribution in [-0.2, 0) is 0 Å². The molecule has 0 saturated carbocycles. The van der Waals surface area contributed by atoms with Crippen molar-refractivity contribution in [3.63, 3.8) is 0 Å². The van der Waals surface area contributed by atoms with Crippen molar-refractivity contribution in [2.24, 2.45) is 5.73 Å². The normalized spacial score (nSPS) is 22.8. The second-order valence-corrected chi connectivity index (χ2v) is 7.10. The highest BCUT2D eigenvalue weighted by Gasteiger charge is 2.32. The molecule has 0 radical (unpaired) electrons. The topological polar surface area (TPSA) is 68.0 Å². The Bertz CT molecular complexity index is 573. The van der Waals surface area contributed by atoms with Crippen molar-refractivity contribution < 1.29 is 19.0 Å². The maximum atomic E-state index is 14.2. The summed E-state index contributed by atoms with van der Waals surface area (Å²) in [6.07, 6.45) is 1.39. The standard InChI is InChI=1S/C17H25FN2O3/c1-17(2)10-22-16-12(18)7-11(8-14(16)23-17)15(21)13(19)9-20-5-3-4-6-20/h7-8,13,15,21H,3-6,9-10,19H2,1-2H3. The monoisotopic (exact) mass is 324 g/mol. The van der Waals surface area contributed by atoms with E-state index < -0.39 is 23.6 Å². The zero-order chi connectivity index (χ0) is 16.6. The van der Waals surface area contributed by atoms with Gasteiger partial charge in [0, 0.05) is 12.6 Å². The molecule has 2 atom stereocenters. The van der Waals surface area contributed by atoms with E-state index in [-0.39, 0.29) is 12.4 Å². The first-order valence-corrected chi connectivity index (χ1v) is 8.17. The van der Waals surface area contributed by atoms with Gasteiger partial charge in [-0.1, -0.05) is 0 Å². The summed E-state index contributed by atoms with van der Waals surface area (Å²) >= 11 is 0. The Morgan fingerprint density at radius 3 is 2.74 bits per heavy atom. The fourth-order valence-corrected chi connectivity index (χ4v) is 3.16.